The van der Waals surface area contributed by atoms with Crippen molar-refractivity contribution in [2.45, 2.75) is 19.8 Å². The van der Waals surface area contributed by atoms with Crippen LogP contribution in [0.15, 0.2) is 53.3 Å². The summed E-state index contributed by atoms with van der Waals surface area (Å²) in [7, 11) is 0. The molecule has 0 radical (unpaired) electrons. The number of anilines is 1. The summed E-state index contributed by atoms with van der Waals surface area (Å²) in [6, 6.07) is 16.3. The number of nitrogens with zero attached hydrogens (tertiary/aromatic N) is 1. The van der Waals surface area contributed by atoms with E-state index in [9.17, 15) is 9.59 Å². The number of ether oxygens (including phenoxy) is 1. The van der Waals surface area contributed by atoms with Gasteiger partial charge in [0.1, 0.15) is 18.2 Å². The van der Waals surface area contributed by atoms with Crippen molar-refractivity contribution in [1.29, 1.82) is 0 Å². The molecule has 27 heavy (non-hydrogen) atoms. The minimum absolute atomic E-state index is 0.0156. The number of hydrogen-bond donors (Lipinski definition) is 2. The molecule has 6 heteroatoms. The van der Waals surface area contributed by atoms with Gasteiger partial charge in [-0.1, -0.05) is 48.5 Å². The van der Waals surface area contributed by atoms with Gasteiger partial charge < -0.3 is 9.72 Å². The van der Waals surface area contributed by atoms with Gasteiger partial charge in [0, 0.05) is 5.92 Å². The van der Waals surface area contributed by atoms with E-state index in [0.717, 1.165) is 11.1 Å². The SMILES string of the molecule is Cc1nc(NC(=O)OCC2c3ccccc3-c3ccccc32)c(C)c(=O)[nH]1. The Bertz CT molecular complexity index is 1040. The first-order valence-corrected chi connectivity index (χ1v) is 8.74. The zero-order valence-corrected chi connectivity index (χ0v) is 15.1. The van der Waals surface area contributed by atoms with E-state index in [-0.39, 0.29) is 23.9 Å². The minimum Gasteiger partial charge on any atom is -0.448 e. The van der Waals surface area contributed by atoms with Gasteiger partial charge in [-0.3, -0.25) is 10.1 Å². The van der Waals surface area contributed by atoms with E-state index >= 15 is 0 Å². The van der Waals surface area contributed by atoms with Crippen molar-refractivity contribution in [1.82, 2.24) is 9.97 Å². The summed E-state index contributed by atoms with van der Waals surface area (Å²) in [5, 5.41) is 2.57. The predicted molar refractivity (Wildman–Crippen MR) is 103 cm³/mol. The zero-order chi connectivity index (χ0) is 19.0. The molecule has 6 nitrogen and oxygen atoms in total. The molecule has 1 aromatic heterocycles. The fraction of sp³-hybridized carbons (Fsp3) is 0.190. The number of nitrogens with one attached hydrogen (secondary N) is 2. The average Bonchev–Trinajstić information content (AvgIpc) is 2.98. The Morgan fingerprint density at radius 3 is 2.30 bits per heavy atom. The summed E-state index contributed by atoms with van der Waals surface area (Å²) >= 11 is 0. The van der Waals surface area contributed by atoms with Gasteiger partial charge in [-0.25, -0.2) is 9.78 Å². The molecule has 4 rings (SSSR count). The van der Waals surface area contributed by atoms with Gasteiger partial charge in [0.15, 0.2) is 0 Å². The second-order valence-electron chi connectivity index (χ2n) is 6.58. The van der Waals surface area contributed by atoms with Gasteiger partial charge in [-0.15, -0.1) is 0 Å². The lowest BCUT2D eigenvalue weighted by molar-refractivity contribution is 0.158. The largest absolute Gasteiger partial charge is 0.448 e. The molecule has 0 saturated heterocycles. The third-order valence-corrected chi connectivity index (χ3v) is 4.83. The first-order valence-electron chi connectivity index (χ1n) is 8.74. The number of aryl methyl sites for hydroxylation is 1. The lowest BCUT2D eigenvalue weighted by atomic mass is 9.98. The topological polar surface area (TPSA) is 84.1 Å². The summed E-state index contributed by atoms with van der Waals surface area (Å²) in [5.74, 6) is 0.631. The highest BCUT2D eigenvalue weighted by Crippen LogP contribution is 2.44. The van der Waals surface area contributed by atoms with E-state index < -0.39 is 6.09 Å². The molecule has 0 unspecified atom stereocenters. The van der Waals surface area contributed by atoms with Crippen molar-refractivity contribution in [3.63, 3.8) is 0 Å². The van der Waals surface area contributed by atoms with E-state index in [1.165, 1.54) is 11.1 Å². The molecular formula is C21H19N3O3. The third-order valence-electron chi connectivity index (χ3n) is 4.83. The van der Waals surface area contributed by atoms with Gasteiger partial charge >= 0.3 is 6.09 Å². The highest BCUT2D eigenvalue weighted by atomic mass is 16.5. The van der Waals surface area contributed by atoms with Crippen LogP contribution in [0.1, 0.15) is 28.4 Å². The fourth-order valence-corrected chi connectivity index (χ4v) is 3.50. The molecule has 1 heterocycles. The average molecular weight is 361 g/mol. The van der Waals surface area contributed by atoms with E-state index in [1.807, 2.05) is 24.3 Å². The molecule has 3 aromatic rings. The fourth-order valence-electron chi connectivity index (χ4n) is 3.50. The lowest BCUT2D eigenvalue weighted by Crippen LogP contribution is -2.22. The standard InChI is InChI=1S/C21H19N3O3/c1-12-19(22-13(2)23-20(12)25)24-21(26)27-11-18-16-9-5-3-7-14(16)15-8-4-6-10-17(15)18/h3-10,18H,11H2,1-2H3,(H2,22,23,24,25,26). The van der Waals surface area contributed by atoms with Crippen molar-refractivity contribution in [3.05, 3.63) is 81.4 Å². The summed E-state index contributed by atoms with van der Waals surface area (Å²) in [4.78, 5) is 30.8. The Balaban J connectivity index is 1.53. The normalized spacial score (nSPS) is 12.4. The number of aromatic nitrogens is 2. The molecule has 0 fully saturated rings. The Morgan fingerprint density at radius 1 is 1.07 bits per heavy atom. The molecule has 0 aliphatic heterocycles. The summed E-state index contributed by atoms with van der Waals surface area (Å²) in [5.41, 5.74) is 4.70. The highest BCUT2D eigenvalue weighted by molar-refractivity contribution is 5.84. The maximum Gasteiger partial charge on any atom is 0.412 e. The van der Waals surface area contributed by atoms with Crippen LogP contribution in [0.4, 0.5) is 10.6 Å². The van der Waals surface area contributed by atoms with Crippen LogP contribution >= 0.6 is 0 Å². The minimum atomic E-state index is -0.627. The molecule has 0 spiro atoms. The van der Waals surface area contributed by atoms with E-state index in [0.29, 0.717) is 11.4 Å². The molecule has 0 bridgehead atoms. The van der Waals surface area contributed by atoms with Crippen LogP contribution in [0.25, 0.3) is 11.1 Å². The highest BCUT2D eigenvalue weighted by Gasteiger charge is 2.29. The van der Waals surface area contributed by atoms with Crippen molar-refractivity contribution in [3.8, 4) is 11.1 Å². The Hall–Kier alpha value is -3.41. The summed E-state index contributed by atoms with van der Waals surface area (Å²) < 4.78 is 5.48. The van der Waals surface area contributed by atoms with Crippen LogP contribution in [-0.4, -0.2) is 22.7 Å². The molecule has 136 valence electrons. The van der Waals surface area contributed by atoms with E-state index in [2.05, 4.69) is 39.6 Å². The van der Waals surface area contributed by atoms with Gasteiger partial charge in [0.2, 0.25) is 0 Å². The maximum atomic E-state index is 12.3. The Kier molecular flexibility index (Phi) is 4.24. The monoisotopic (exact) mass is 361 g/mol. The molecule has 2 aromatic carbocycles. The lowest BCUT2D eigenvalue weighted by Gasteiger charge is -2.15. The van der Waals surface area contributed by atoms with Crippen LogP contribution in [-0.2, 0) is 4.74 Å². The van der Waals surface area contributed by atoms with E-state index in [4.69, 9.17) is 4.74 Å². The number of aromatic amines is 1. The molecule has 1 aliphatic rings. The van der Waals surface area contributed by atoms with Crippen molar-refractivity contribution >= 4 is 11.9 Å². The van der Waals surface area contributed by atoms with Crippen LogP contribution in [0.3, 0.4) is 0 Å². The predicted octanol–water partition coefficient (Wildman–Crippen LogP) is 3.75. The number of hydrogen-bond acceptors (Lipinski definition) is 4. The quantitative estimate of drug-likeness (QED) is 0.744. The number of carbonyl (C=O) groups is 1. The van der Waals surface area contributed by atoms with Gasteiger partial charge in [0.25, 0.3) is 5.56 Å². The third kappa shape index (κ3) is 3.10. The number of benzene rings is 2. The number of carbonyl (C=O) groups excluding carboxylic acids is 1. The van der Waals surface area contributed by atoms with Crippen molar-refractivity contribution in [2.24, 2.45) is 0 Å². The van der Waals surface area contributed by atoms with E-state index in [1.54, 1.807) is 13.8 Å². The molecule has 0 saturated carbocycles. The van der Waals surface area contributed by atoms with Crippen molar-refractivity contribution < 1.29 is 9.53 Å². The van der Waals surface area contributed by atoms with Gasteiger partial charge in [-0.2, -0.15) is 0 Å². The maximum absolute atomic E-state index is 12.3. The second kappa shape index (κ2) is 6.72. The summed E-state index contributed by atoms with van der Waals surface area (Å²) in [6.07, 6.45) is -0.627. The van der Waals surface area contributed by atoms with Gasteiger partial charge in [0.05, 0.1) is 5.56 Å². The first kappa shape index (κ1) is 17.0. The number of H-pyrrole nitrogens is 1. The van der Waals surface area contributed by atoms with Crippen LogP contribution in [0.5, 0.6) is 0 Å². The van der Waals surface area contributed by atoms with Crippen LogP contribution in [0.2, 0.25) is 0 Å². The second-order valence-corrected chi connectivity index (χ2v) is 6.58. The summed E-state index contributed by atoms with van der Waals surface area (Å²) in [6.45, 7) is 3.47. The zero-order valence-electron chi connectivity index (χ0n) is 15.1. The number of rotatable bonds is 3. The number of amides is 1. The number of fused-ring (bicyclic) bond motifs is 3. The Labute approximate surface area is 156 Å². The molecular weight excluding hydrogens is 342 g/mol. The first-order chi connectivity index (χ1) is 13.0. The van der Waals surface area contributed by atoms with Crippen molar-refractivity contribution in [2.75, 3.05) is 11.9 Å². The van der Waals surface area contributed by atoms with Crippen LogP contribution < -0.4 is 10.9 Å². The smallest absolute Gasteiger partial charge is 0.412 e. The molecule has 1 aliphatic carbocycles. The Morgan fingerprint density at radius 2 is 1.67 bits per heavy atom. The molecule has 0 atom stereocenters. The van der Waals surface area contributed by atoms with Crippen LogP contribution in [0, 0.1) is 13.8 Å². The molecule has 1 amide bonds. The van der Waals surface area contributed by atoms with Gasteiger partial charge in [-0.05, 0) is 36.1 Å². The molecule has 2 N–H and O–H groups in total.